The summed E-state index contributed by atoms with van der Waals surface area (Å²) < 4.78 is 13.7. The summed E-state index contributed by atoms with van der Waals surface area (Å²) in [4.78, 5) is 15.2. The summed E-state index contributed by atoms with van der Waals surface area (Å²) in [6.45, 7) is 0.476. The van der Waals surface area contributed by atoms with Crippen LogP contribution in [0.25, 0.3) is 10.9 Å². The van der Waals surface area contributed by atoms with E-state index < -0.39 is 0 Å². The molecule has 0 unspecified atom stereocenters. The molecular weight excluding hydrogens is 291 g/mol. The molecule has 0 bridgehead atoms. The lowest BCUT2D eigenvalue weighted by Gasteiger charge is -2.06. The highest BCUT2D eigenvalue weighted by Gasteiger charge is 2.13. The van der Waals surface area contributed by atoms with E-state index in [4.69, 9.17) is 0 Å². The molecule has 0 fully saturated rings. The summed E-state index contributed by atoms with van der Waals surface area (Å²) in [5.74, 6) is -0.544. The number of amides is 1. The van der Waals surface area contributed by atoms with E-state index in [1.807, 2.05) is 0 Å². The number of hydrogen-bond acceptors (Lipinski definition) is 1. The van der Waals surface area contributed by atoms with Gasteiger partial charge in [0.25, 0.3) is 5.91 Å². The molecule has 3 aromatic rings. The molecule has 2 N–H and O–H groups in total. The first kappa shape index (κ1) is 14.0. The van der Waals surface area contributed by atoms with Gasteiger partial charge in [0.15, 0.2) is 0 Å². The minimum absolute atomic E-state index is 0.221. The van der Waals surface area contributed by atoms with Crippen molar-refractivity contribution < 1.29 is 9.18 Å². The first-order valence-electron chi connectivity index (χ1n) is 7.87. The number of carbonyl (C=O) groups excluding carboxylic acids is 1. The molecule has 1 heterocycles. The number of aryl methyl sites for hydroxylation is 2. The summed E-state index contributed by atoms with van der Waals surface area (Å²) in [5, 5.41) is 3.33. The predicted octanol–water partition coefficient (Wildman–Crippen LogP) is 3.73. The maximum absolute atomic E-state index is 13.7. The van der Waals surface area contributed by atoms with Crippen molar-refractivity contribution in [3.8, 4) is 0 Å². The molecule has 23 heavy (non-hydrogen) atoms. The first-order chi connectivity index (χ1) is 11.2. The Kier molecular flexibility index (Phi) is 3.37. The number of aromatic amines is 1. The molecule has 4 heteroatoms. The number of halogens is 1. The molecule has 1 aliphatic carbocycles. The van der Waals surface area contributed by atoms with Crippen LogP contribution in [0.5, 0.6) is 0 Å². The van der Waals surface area contributed by atoms with Crippen LogP contribution in [0.3, 0.4) is 0 Å². The monoisotopic (exact) mass is 308 g/mol. The predicted molar refractivity (Wildman–Crippen MR) is 87.9 cm³/mol. The fourth-order valence-corrected chi connectivity index (χ4v) is 3.25. The van der Waals surface area contributed by atoms with Crippen molar-refractivity contribution in [2.45, 2.75) is 25.8 Å². The van der Waals surface area contributed by atoms with Crippen LogP contribution in [0.4, 0.5) is 4.39 Å². The third-order valence-electron chi connectivity index (χ3n) is 4.47. The number of rotatable bonds is 3. The van der Waals surface area contributed by atoms with Crippen LogP contribution in [0.1, 0.15) is 33.6 Å². The Morgan fingerprint density at radius 2 is 2.00 bits per heavy atom. The highest BCUT2D eigenvalue weighted by Crippen LogP contribution is 2.23. The molecule has 0 atom stereocenters. The van der Waals surface area contributed by atoms with E-state index in [9.17, 15) is 9.18 Å². The maximum Gasteiger partial charge on any atom is 0.267 e. The Morgan fingerprint density at radius 1 is 1.13 bits per heavy atom. The summed E-state index contributed by atoms with van der Waals surface area (Å²) >= 11 is 0. The number of benzene rings is 2. The average Bonchev–Trinajstić information content (AvgIpc) is 3.19. The van der Waals surface area contributed by atoms with Crippen molar-refractivity contribution in [1.29, 1.82) is 0 Å². The van der Waals surface area contributed by atoms with Gasteiger partial charge in [-0.25, -0.2) is 4.39 Å². The number of carbonyl (C=O) groups is 1. The van der Waals surface area contributed by atoms with Crippen LogP contribution in [0.15, 0.2) is 42.5 Å². The minimum atomic E-state index is -0.323. The summed E-state index contributed by atoms with van der Waals surface area (Å²) in [7, 11) is 0. The van der Waals surface area contributed by atoms with Gasteiger partial charge in [0, 0.05) is 17.4 Å². The van der Waals surface area contributed by atoms with E-state index in [0.29, 0.717) is 23.1 Å². The number of aromatic nitrogens is 1. The largest absolute Gasteiger partial charge is 0.350 e. The maximum atomic E-state index is 13.7. The smallest absolute Gasteiger partial charge is 0.267 e. The molecule has 0 spiro atoms. The van der Waals surface area contributed by atoms with Crippen LogP contribution >= 0.6 is 0 Å². The Balaban J connectivity index is 1.50. The van der Waals surface area contributed by atoms with E-state index in [0.717, 1.165) is 18.4 Å². The van der Waals surface area contributed by atoms with Gasteiger partial charge in [-0.2, -0.15) is 0 Å². The molecule has 0 saturated carbocycles. The van der Waals surface area contributed by atoms with Crippen LogP contribution in [0, 0.1) is 5.82 Å². The third kappa shape index (κ3) is 2.61. The van der Waals surface area contributed by atoms with Crippen molar-refractivity contribution in [2.75, 3.05) is 0 Å². The fraction of sp³-hybridized carbons (Fsp3) is 0.211. The Hall–Kier alpha value is -2.62. The van der Waals surface area contributed by atoms with Crippen LogP contribution < -0.4 is 5.32 Å². The molecule has 0 aliphatic heterocycles. The molecule has 1 aliphatic rings. The normalized spacial score (nSPS) is 13.3. The lowest BCUT2D eigenvalue weighted by molar-refractivity contribution is 0.0947. The van der Waals surface area contributed by atoms with Crippen molar-refractivity contribution in [3.05, 3.63) is 70.7 Å². The molecule has 2 aromatic carbocycles. The average molecular weight is 308 g/mol. The summed E-state index contributed by atoms with van der Waals surface area (Å²) in [6.07, 6.45) is 3.49. The van der Waals surface area contributed by atoms with Crippen molar-refractivity contribution >= 4 is 16.8 Å². The van der Waals surface area contributed by atoms with E-state index in [-0.39, 0.29) is 11.7 Å². The summed E-state index contributed by atoms with van der Waals surface area (Å²) in [5.41, 5.74) is 4.93. The van der Waals surface area contributed by atoms with Gasteiger partial charge in [-0.3, -0.25) is 4.79 Å². The second kappa shape index (κ2) is 5.54. The number of H-pyrrole nitrogens is 1. The molecule has 4 rings (SSSR count). The lowest BCUT2D eigenvalue weighted by Crippen LogP contribution is -2.23. The Morgan fingerprint density at radius 3 is 2.87 bits per heavy atom. The fourth-order valence-electron chi connectivity index (χ4n) is 3.25. The van der Waals surface area contributed by atoms with Gasteiger partial charge in [0.2, 0.25) is 0 Å². The quantitative estimate of drug-likeness (QED) is 0.761. The van der Waals surface area contributed by atoms with Crippen molar-refractivity contribution in [2.24, 2.45) is 0 Å². The standard InChI is InChI=1S/C19H17FN2O/c20-16-5-2-6-17-15(16)10-18(22-17)19(23)21-11-12-7-8-13-3-1-4-14(13)9-12/h2,5-10,22H,1,3-4,11H2,(H,21,23). The van der Waals surface area contributed by atoms with Crippen LogP contribution in [0.2, 0.25) is 0 Å². The summed E-state index contributed by atoms with van der Waals surface area (Å²) in [6, 6.07) is 12.7. The topological polar surface area (TPSA) is 44.9 Å². The van der Waals surface area contributed by atoms with E-state index in [2.05, 4.69) is 28.5 Å². The molecule has 116 valence electrons. The minimum Gasteiger partial charge on any atom is -0.350 e. The Bertz CT molecular complexity index is 898. The number of nitrogens with one attached hydrogen (secondary N) is 2. The van der Waals surface area contributed by atoms with E-state index in [1.165, 1.54) is 23.6 Å². The first-order valence-corrected chi connectivity index (χ1v) is 7.87. The van der Waals surface area contributed by atoms with Gasteiger partial charge in [-0.15, -0.1) is 0 Å². The zero-order valence-corrected chi connectivity index (χ0v) is 12.7. The van der Waals surface area contributed by atoms with Gasteiger partial charge < -0.3 is 10.3 Å². The van der Waals surface area contributed by atoms with Crippen molar-refractivity contribution in [3.63, 3.8) is 0 Å². The number of fused-ring (bicyclic) bond motifs is 2. The second-order valence-electron chi connectivity index (χ2n) is 6.02. The highest BCUT2D eigenvalue weighted by atomic mass is 19.1. The molecule has 3 nitrogen and oxygen atoms in total. The molecule has 1 aromatic heterocycles. The van der Waals surface area contributed by atoms with Gasteiger partial charge >= 0.3 is 0 Å². The van der Waals surface area contributed by atoms with Gasteiger partial charge in [-0.1, -0.05) is 24.3 Å². The molecule has 0 radical (unpaired) electrons. The van der Waals surface area contributed by atoms with Crippen molar-refractivity contribution in [1.82, 2.24) is 10.3 Å². The lowest BCUT2D eigenvalue weighted by atomic mass is 10.1. The van der Waals surface area contributed by atoms with Gasteiger partial charge in [0.1, 0.15) is 11.5 Å². The number of hydrogen-bond donors (Lipinski definition) is 2. The van der Waals surface area contributed by atoms with E-state index in [1.54, 1.807) is 18.2 Å². The molecule has 0 saturated heterocycles. The van der Waals surface area contributed by atoms with Crippen LogP contribution in [-0.4, -0.2) is 10.9 Å². The Labute approximate surface area is 133 Å². The SMILES string of the molecule is O=C(NCc1ccc2c(c1)CCC2)c1cc2c(F)cccc2[nH]1. The zero-order valence-electron chi connectivity index (χ0n) is 12.7. The third-order valence-corrected chi connectivity index (χ3v) is 4.47. The molecular formula is C19H17FN2O. The highest BCUT2D eigenvalue weighted by molar-refractivity contribution is 5.98. The van der Waals surface area contributed by atoms with E-state index >= 15 is 0 Å². The van der Waals surface area contributed by atoms with Crippen LogP contribution in [-0.2, 0) is 19.4 Å². The second-order valence-corrected chi connectivity index (χ2v) is 6.02. The van der Waals surface area contributed by atoms with Gasteiger partial charge in [-0.05, 0) is 54.2 Å². The zero-order chi connectivity index (χ0) is 15.8. The van der Waals surface area contributed by atoms with Gasteiger partial charge in [0.05, 0.1) is 0 Å². The molecule has 1 amide bonds.